The van der Waals surface area contributed by atoms with Gasteiger partial charge in [0.2, 0.25) is 5.91 Å². The number of hydrogen-bond acceptors (Lipinski definition) is 5. The molecule has 0 saturated carbocycles. The molecule has 2 heterocycles. The lowest BCUT2D eigenvalue weighted by Crippen LogP contribution is -2.45. The Hall–Kier alpha value is -1.94. The average Bonchev–Trinajstić information content (AvgIpc) is 2.88. The van der Waals surface area contributed by atoms with Crippen LogP contribution < -0.4 is 11.1 Å². The molecule has 0 aromatic carbocycles. The van der Waals surface area contributed by atoms with E-state index in [0.717, 1.165) is 4.52 Å². The predicted octanol–water partition coefficient (Wildman–Crippen LogP) is 1.97. The van der Waals surface area contributed by atoms with Crippen molar-refractivity contribution in [1.29, 1.82) is 0 Å². The van der Waals surface area contributed by atoms with Crippen molar-refractivity contribution >= 4 is 24.1 Å². The van der Waals surface area contributed by atoms with Crippen molar-refractivity contribution in [2.75, 3.05) is 6.54 Å². The molecule has 1 amide bonds. The van der Waals surface area contributed by atoms with Crippen LogP contribution in [0.2, 0.25) is 0 Å². The molecule has 26 heavy (non-hydrogen) atoms. The highest BCUT2D eigenvalue weighted by atomic mass is 35.5. The second-order valence-corrected chi connectivity index (χ2v) is 6.67. The quantitative estimate of drug-likeness (QED) is 0.807. The zero-order valence-electron chi connectivity index (χ0n) is 14.9. The summed E-state index contributed by atoms with van der Waals surface area (Å²) < 4.78 is 39.4. The zero-order chi connectivity index (χ0) is 19.0. The van der Waals surface area contributed by atoms with E-state index in [0.29, 0.717) is 29.9 Å². The Kier molecular flexibility index (Phi) is 6.59. The summed E-state index contributed by atoms with van der Waals surface area (Å²) in [4.78, 5) is 19.4. The summed E-state index contributed by atoms with van der Waals surface area (Å²) in [5, 5.41) is 6.21. The van der Waals surface area contributed by atoms with E-state index >= 15 is 0 Å². The number of nitrogens with one attached hydrogen (secondary N) is 1. The first kappa shape index (κ1) is 22.1. The molecular weight excluding hydrogens is 373 g/mol. The van der Waals surface area contributed by atoms with Gasteiger partial charge in [0, 0.05) is 29.9 Å². The van der Waals surface area contributed by atoms with Gasteiger partial charge in [-0.25, -0.2) is 9.50 Å². The van der Waals surface area contributed by atoms with Crippen molar-refractivity contribution in [3.05, 3.63) is 22.8 Å². The van der Waals surface area contributed by atoms with E-state index in [4.69, 9.17) is 5.73 Å². The molecular formula is C15H22ClF3N6O. The van der Waals surface area contributed by atoms with Gasteiger partial charge in [0.15, 0.2) is 0 Å². The molecule has 11 heteroatoms. The molecule has 0 saturated heterocycles. The molecule has 3 N–H and O–H groups in total. The topological polar surface area (TPSA) is 98.2 Å². The zero-order valence-corrected chi connectivity index (χ0v) is 15.8. The van der Waals surface area contributed by atoms with Gasteiger partial charge in [-0.05, 0) is 39.7 Å². The van der Waals surface area contributed by atoms with Crippen LogP contribution in [0.25, 0.3) is 5.78 Å². The molecule has 0 aliphatic heterocycles. The highest BCUT2D eigenvalue weighted by Gasteiger charge is 2.36. The van der Waals surface area contributed by atoms with Crippen molar-refractivity contribution in [2.45, 2.75) is 52.3 Å². The molecule has 0 bridgehead atoms. The van der Waals surface area contributed by atoms with Gasteiger partial charge in [0.25, 0.3) is 11.6 Å². The third-order valence-electron chi connectivity index (χ3n) is 3.65. The molecule has 0 aliphatic rings. The minimum Gasteiger partial charge on any atom is -0.354 e. The third-order valence-corrected chi connectivity index (χ3v) is 3.65. The van der Waals surface area contributed by atoms with Gasteiger partial charge < -0.3 is 11.1 Å². The molecule has 2 aromatic rings. The number of nitrogens with zero attached hydrogens (tertiary/aromatic N) is 4. The van der Waals surface area contributed by atoms with E-state index in [1.165, 1.54) is 0 Å². The molecule has 2 aromatic heterocycles. The van der Waals surface area contributed by atoms with Gasteiger partial charge in [-0.3, -0.25) is 4.79 Å². The van der Waals surface area contributed by atoms with Gasteiger partial charge in [-0.15, -0.1) is 17.5 Å². The van der Waals surface area contributed by atoms with Crippen LogP contribution in [0, 0.1) is 13.8 Å². The van der Waals surface area contributed by atoms with E-state index in [-0.39, 0.29) is 30.5 Å². The maximum Gasteiger partial charge on any atom is 0.453 e. The van der Waals surface area contributed by atoms with Gasteiger partial charge in [0.05, 0.1) is 0 Å². The Labute approximate surface area is 155 Å². The lowest BCUT2D eigenvalue weighted by Gasteiger charge is -2.19. The number of nitrogens with two attached hydrogens (primary N) is 1. The van der Waals surface area contributed by atoms with Crippen molar-refractivity contribution in [2.24, 2.45) is 5.73 Å². The van der Waals surface area contributed by atoms with Crippen LogP contribution in [-0.4, -0.2) is 37.6 Å². The van der Waals surface area contributed by atoms with Gasteiger partial charge in [-0.2, -0.15) is 18.2 Å². The van der Waals surface area contributed by atoms with Crippen LogP contribution in [0.15, 0.2) is 0 Å². The lowest BCUT2D eigenvalue weighted by molar-refractivity contribution is -0.144. The number of carbonyl (C=O) groups excluding carboxylic acids is 1. The Morgan fingerprint density at radius 3 is 2.38 bits per heavy atom. The lowest BCUT2D eigenvalue weighted by atomic mass is 10.1. The van der Waals surface area contributed by atoms with E-state index in [2.05, 4.69) is 20.4 Å². The SMILES string of the molecule is Cc1nc2nc(C(F)(F)F)nn2c(C)c1CCC(=O)NCC(C)(C)N.Cl. The molecule has 0 unspecified atom stereocenters. The van der Waals surface area contributed by atoms with E-state index in [9.17, 15) is 18.0 Å². The summed E-state index contributed by atoms with van der Waals surface area (Å²) in [6.07, 6.45) is -4.13. The van der Waals surface area contributed by atoms with Crippen molar-refractivity contribution < 1.29 is 18.0 Å². The number of aromatic nitrogens is 4. The molecule has 2 rings (SSSR count). The summed E-state index contributed by atoms with van der Waals surface area (Å²) in [6.45, 7) is 7.22. The first-order valence-electron chi connectivity index (χ1n) is 7.74. The third kappa shape index (κ3) is 5.28. The number of amides is 1. The van der Waals surface area contributed by atoms with E-state index in [1.807, 2.05) is 0 Å². The van der Waals surface area contributed by atoms with Crippen LogP contribution in [-0.2, 0) is 17.4 Å². The number of carbonyl (C=O) groups is 1. The van der Waals surface area contributed by atoms with Crippen LogP contribution in [0.3, 0.4) is 0 Å². The summed E-state index contributed by atoms with van der Waals surface area (Å²) in [5.41, 5.74) is 6.97. The number of fused-ring (bicyclic) bond motifs is 1. The van der Waals surface area contributed by atoms with Crippen LogP contribution in [0.5, 0.6) is 0 Å². The summed E-state index contributed by atoms with van der Waals surface area (Å²) >= 11 is 0. The van der Waals surface area contributed by atoms with Gasteiger partial charge in [0.1, 0.15) is 0 Å². The predicted molar refractivity (Wildman–Crippen MR) is 92.1 cm³/mol. The minimum absolute atomic E-state index is 0. The molecule has 7 nitrogen and oxygen atoms in total. The number of halogens is 4. The van der Waals surface area contributed by atoms with E-state index in [1.54, 1.807) is 27.7 Å². The Bertz CT molecular complexity index is 797. The highest BCUT2D eigenvalue weighted by Crippen LogP contribution is 2.27. The highest BCUT2D eigenvalue weighted by molar-refractivity contribution is 5.85. The first-order chi connectivity index (χ1) is 11.4. The fourth-order valence-corrected chi connectivity index (χ4v) is 2.34. The number of rotatable bonds is 5. The monoisotopic (exact) mass is 394 g/mol. The Morgan fingerprint density at radius 2 is 1.85 bits per heavy atom. The van der Waals surface area contributed by atoms with E-state index < -0.39 is 17.5 Å². The average molecular weight is 395 g/mol. The van der Waals surface area contributed by atoms with Gasteiger partial charge >= 0.3 is 6.18 Å². The van der Waals surface area contributed by atoms with Crippen molar-refractivity contribution in [1.82, 2.24) is 24.9 Å². The molecule has 146 valence electrons. The molecule has 0 atom stereocenters. The number of aryl methyl sites for hydroxylation is 2. The summed E-state index contributed by atoms with van der Waals surface area (Å²) in [5.74, 6) is -1.53. The second kappa shape index (κ2) is 7.75. The normalized spacial score (nSPS) is 12.2. The van der Waals surface area contributed by atoms with Crippen LogP contribution in [0.1, 0.15) is 43.0 Å². The number of alkyl halides is 3. The van der Waals surface area contributed by atoms with Crippen molar-refractivity contribution in [3.8, 4) is 0 Å². The first-order valence-corrected chi connectivity index (χ1v) is 7.74. The Balaban J connectivity index is 0.00000338. The smallest absolute Gasteiger partial charge is 0.354 e. The molecule has 0 fully saturated rings. The maximum absolute atomic E-state index is 12.8. The van der Waals surface area contributed by atoms with Gasteiger partial charge in [-0.1, -0.05) is 0 Å². The standard InChI is InChI=1S/C15H21F3N6O.ClH/c1-8-10(5-6-11(25)20-7-14(3,4)19)9(2)24-13(21-8)22-12(23-24)15(16,17)18;/h5-7,19H2,1-4H3,(H,20,25);1H. The number of hydrogen-bond donors (Lipinski definition) is 2. The fraction of sp³-hybridized carbons (Fsp3) is 0.600. The minimum atomic E-state index is -4.64. The molecule has 0 radical (unpaired) electrons. The maximum atomic E-state index is 12.8. The largest absolute Gasteiger partial charge is 0.453 e. The fourth-order valence-electron chi connectivity index (χ4n) is 2.34. The van der Waals surface area contributed by atoms with Crippen LogP contribution in [0.4, 0.5) is 13.2 Å². The molecule has 0 spiro atoms. The summed E-state index contributed by atoms with van der Waals surface area (Å²) in [7, 11) is 0. The second-order valence-electron chi connectivity index (χ2n) is 6.67. The molecule has 0 aliphatic carbocycles. The summed E-state index contributed by atoms with van der Waals surface area (Å²) in [6, 6.07) is 0. The Morgan fingerprint density at radius 1 is 1.23 bits per heavy atom. The van der Waals surface area contributed by atoms with Crippen LogP contribution >= 0.6 is 12.4 Å². The van der Waals surface area contributed by atoms with Crippen molar-refractivity contribution in [3.63, 3.8) is 0 Å².